The van der Waals surface area contributed by atoms with Gasteiger partial charge in [-0.05, 0) is 47.3 Å². The summed E-state index contributed by atoms with van der Waals surface area (Å²) >= 11 is 5.99. The fourth-order valence-electron chi connectivity index (χ4n) is 3.08. The van der Waals surface area contributed by atoms with Gasteiger partial charge in [-0.15, -0.1) is 0 Å². The summed E-state index contributed by atoms with van der Waals surface area (Å²) in [6.45, 7) is 6.97. The van der Waals surface area contributed by atoms with E-state index in [1.54, 1.807) is 0 Å². The molecule has 0 heterocycles. The monoisotopic (exact) mass is 472 g/mol. The van der Waals surface area contributed by atoms with E-state index in [1.165, 1.54) is 10.4 Å². The third-order valence-corrected chi connectivity index (χ3v) is 9.96. The van der Waals surface area contributed by atoms with Crippen molar-refractivity contribution in [2.75, 3.05) is 6.61 Å². The zero-order valence-electron chi connectivity index (χ0n) is 14.2. The summed E-state index contributed by atoms with van der Waals surface area (Å²) in [5.74, 6) is 0. The molecule has 2 rings (SSSR count). The molecule has 0 atom stereocenters. The van der Waals surface area contributed by atoms with Crippen LogP contribution in [0.2, 0.25) is 5.04 Å². The van der Waals surface area contributed by atoms with Gasteiger partial charge >= 0.3 is 0 Å². The van der Waals surface area contributed by atoms with Crippen LogP contribution in [0.25, 0.3) is 0 Å². The van der Waals surface area contributed by atoms with E-state index in [4.69, 9.17) is 4.43 Å². The number of benzene rings is 2. The Hall–Kier alpha value is -0.493. The van der Waals surface area contributed by atoms with E-state index in [-0.39, 0.29) is 11.5 Å². The Kier molecular flexibility index (Phi) is 6.45. The van der Waals surface area contributed by atoms with Crippen LogP contribution in [0, 0.1) is 0 Å². The molecule has 0 aliphatic heterocycles. The van der Waals surface area contributed by atoms with Gasteiger partial charge in [0.15, 0.2) is 0 Å². The molecule has 0 amide bonds. The number of halogens is 3. The largest absolute Gasteiger partial charge is 0.407 e. The van der Waals surface area contributed by atoms with E-state index in [1.807, 2.05) is 36.4 Å². The van der Waals surface area contributed by atoms with Gasteiger partial charge in [-0.2, -0.15) is 0 Å². The van der Waals surface area contributed by atoms with Crippen molar-refractivity contribution in [3.63, 3.8) is 0 Å². The fraction of sp³-hybridized carbons (Fsp3) is 0.368. The second kappa shape index (κ2) is 7.81. The van der Waals surface area contributed by atoms with Crippen LogP contribution in [0.1, 0.15) is 27.2 Å². The molecule has 2 aromatic carbocycles. The fourth-order valence-corrected chi connectivity index (χ4v) is 7.97. The van der Waals surface area contributed by atoms with Crippen LogP contribution in [-0.4, -0.2) is 18.4 Å². The van der Waals surface area contributed by atoms with Crippen LogP contribution >= 0.6 is 31.9 Å². The molecule has 0 unspecified atom stereocenters. The molecule has 0 spiro atoms. The zero-order chi connectivity index (χ0) is 17.8. The quantitative estimate of drug-likeness (QED) is 0.405. The van der Waals surface area contributed by atoms with Gasteiger partial charge in [-0.25, -0.2) is 4.39 Å². The highest BCUT2D eigenvalue weighted by Gasteiger charge is 2.50. The highest BCUT2D eigenvalue weighted by atomic mass is 79.9. The van der Waals surface area contributed by atoms with Crippen LogP contribution in [0.4, 0.5) is 4.39 Å². The van der Waals surface area contributed by atoms with Crippen molar-refractivity contribution >= 4 is 50.6 Å². The minimum atomic E-state index is -2.56. The van der Waals surface area contributed by atoms with Gasteiger partial charge in [0, 0.05) is 13.0 Å². The van der Waals surface area contributed by atoms with Gasteiger partial charge in [-0.1, -0.05) is 81.4 Å². The smallest absolute Gasteiger partial charge is 0.261 e. The Bertz CT molecular complexity index is 596. The van der Waals surface area contributed by atoms with Gasteiger partial charge in [0.25, 0.3) is 8.32 Å². The predicted octanol–water partition coefficient (Wildman–Crippen LogP) is 5.37. The van der Waals surface area contributed by atoms with Gasteiger partial charge in [0.1, 0.15) is 0 Å². The van der Waals surface area contributed by atoms with Crippen molar-refractivity contribution in [3.05, 3.63) is 60.7 Å². The third kappa shape index (κ3) is 4.57. The zero-order valence-corrected chi connectivity index (χ0v) is 18.4. The molecule has 0 N–H and O–H groups in total. The molecular weight excluding hydrogens is 451 g/mol. The third-order valence-electron chi connectivity index (χ3n) is 4.12. The first-order valence-electron chi connectivity index (χ1n) is 7.98. The predicted molar refractivity (Wildman–Crippen MR) is 110 cm³/mol. The summed E-state index contributed by atoms with van der Waals surface area (Å²) in [6.07, 6.45) is 0.234. The average molecular weight is 474 g/mol. The summed E-state index contributed by atoms with van der Waals surface area (Å²) in [5, 5.41) is 2.32. The first-order chi connectivity index (χ1) is 11.2. The van der Waals surface area contributed by atoms with E-state index >= 15 is 0 Å². The van der Waals surface area contributed by atoms with Gasteiger partial charge < -0.3 is 4.43 Å². The van der Waals surface area contributed by atoms with Crippen LogP contribution < -0.4 is 10.4 Å². The normalized spacial score (nSPS) is 13.1. The van der Waals surface area contributed by atoms with Crippen molar-refractivity contribution in [3.8, 4) is 0 Å². The maximum atomic E-state index is 13.8. The number of rotatable bonds is 6. The Morgan fingerprint density at radius 1 is 0.875 bits per heavy atom. The van der Waals surface area contributed by atoms with Gasteiger partial charge in [-0.3, -0.25) is 0 Å². The van der Waals surface area contributed by atoms with Crippen LogP contribution in [-0.2, 0) is 4.43 Å². The Morgan fingerprint density at radius 2 is 1.29 bits per heavy atom. The number of hydrogen-bond acceptors (Lipinski definition) is 1. The van der Waals surface area contributed by atoms with E-state index in [2.05, 4.69) is 76.9 Å². The van der Waals surface area contributed by atoms with E-state index < -0.39 is 11.8 Å². The SMILES string of the molecule is CC(C)(C)[Si](OCCC(F)(Br)Br)(c1ccccc1)c1ccccc1. The maximum absolute atomic E-state index is 13.8. The van der Waals surface area contributed by atoms with Gasteiger partial charge in [0.05, 0.1) is 0 Å². The molecule has 0 fully saturated rings. The molecule has 2 aromatic rings. The molecule has 0 aliphatic carbocycles. The summed E-state index contributed by atoms with van der Waals surface area (Å²) < 4.78 is 18.8. The van der Waals surface area contributed by atoms with E-state index in [0.29, 0.717) is 6.61 Å². The van der Waals surface area contributed by atoms with Crippen molar-refractivity contribution in [1.82, 2.24) is 0 Å². The average Bonchev–Trinajstić information content (AvgIpc) is 2.51. The highest BCUT2D eigenvalue weighted by molar-refractivity contribution is 9.25. The lowest BCUT2D eigenvalue weighted by Crippen LogP contribution is -2.66. The number of alkyl halides is 3. The minimum Gasteiger partial charge on any atom is -0.407 e. The summed E-state index contributed by atoms with van der Waals surface area (Å²) in [6, 6.07) is 20.7. The van der Waals surface area contributed by atoms with Crippen molar-refractivity contribution in [2.45, 2.75) is 35.7 Å². The van der Waals surface area contributed by atoms with E-state index in [9.17, 15) is 4.39 Å². The minimum absolute atomic E-state index is 0.0900. The van der Waals surface area contributed by atoms with Crippen molar-refractivity contribution in [2.24, 2.45) is 0 Å². The standard InChI is InChI=1S/C19H23Br2FOSi/c1-18(2,3)24(16-10-6-4-7-11-16,17-12-8-5-9-13-17)23-15-14-19(20,21)22/h4-13H,14-15H2,1-3H3. The lowest BCUT2D eigenvalue weighted by Gasteiger charge is -2.43. The lowest BCUT2D eigenvalue weighted by atomic mass is 10.2. The first-order valence-corrected chi connectivity index (χ1v) is 11.5. The lowest BCUT2D eigenvalue weighted by molar-refractivity contribution is 0.258. The molecule has 0 radical (unpaired) electrons. The molecule has 24 heavy (non-hydrogen) atoms. The molecule has 130 valence electrons. The molecule has 0 bridgehead atoms. The van der Waals surface area contributed by atoms with Crippen LogP contribution in [0.5, 0.6) is 0 Å². The molecule has 0 saturated heterocycles. The Labute approximate surface area is 162 Å². The second-order valence-corrected chi connectivity index (χ2v) is 14.8. The second-order valence-electron chi connectivity index (χ2n) is 6.88. The summed E-state index contributed by atoms with van der Waals surface area (Å²) in [7, 11) is -2.56. The summed E-state index contributed by atoms with van der Waals surface area (Å²) in [5.41, 5.74) is 0. The van der Waals surface area contributed by atoms with Crippen LogP contribution in [0.3, 0.4) is 0 Å². The Balaban J connectivity index is 2.53. The van der Waals surface area contributed by atoms with Gasteiger partial charge in [0.2, 0.25) is 3.49 Å². The first kappa shape index (κ1) is 19.8. The maximum Gasteiger partial charge on any atom is 0.261 e. The Morgan fingerprint density at radius 3 is 1.62 bits per heavy atom. The highest BCUT2D eigenvalue weighted by Crippen LogP contribution is 2.38. The molecule has 0 saturated carbocycles. The molecule has 5 heteroatoms. The summed E-state index contributed by atoms with van der Waals surface area (Å²) in [4.78, 5) is 0. The molecular formula is C19H23Br2FOSi. The number of hydrogen-bond donors (Lipinski definition) is 0. The van der Waals surface area contributed by atoms with E-state index in [0.717, 1.165) is 0 Å². The van der Waals surface area contributed by atoms with Crippen LogP contribution in [0.15, 0.2) is 60.7 Å². The van der Waals surface area contributed by atoms with Crippen molar-refractivity contribution < 1.29 is 8.82 Å². The molecule has 1 nitrogen and oxygen atoms in total. The topological polar surface area (TPSA) is 9.23 Å². The van der Waals surface area contributed by atoms with Crippen molar-refractivity contribution in [1.29, 1.82) is 0 Å². The molecule has 0 aliphatic rings. The molecule has 0 aromatic heterocycles.